The Labute approximate surface area is 390 Å². The molecule has 0 fully saturated rings. The molecule has 0 aromatic rings. The lowest BCUT2D eigenvalue weighted by Crippen LogP contribution is -3.00. The van der Waals surface area contributed by atoms with E-state index in [1.807, 2.05) is 0 Å². The van der Waals surface area contributed by atoms with Crippen LogP contribution in [-0.4, -0.2) is 157 Å². The number of hydrogen-bond donors (Lipinski definition) is 0. The van der Waals surface area contributed by atoms with Crippen LogP contribution in [0.25, 0.3) is 0 Å². The summed E-state index contributed by atoms with van der Waals surface area (Å²) in [4.78, 5) is 40.5. The van der Waals surface area contributed by atoms with E-state index in [4.69, 9.17) is 14.2 Å². The second-order valence-corrected chi connectivity index (χ2v) is 18.3. The largest absolute Gasteiger partial charge is 1.00 e. The van der Waals surface area contributed by atoms with Gasteiger partial charge in [0.05, 0.1) is 81.7 Å². The summed E-state index contributed by atoms with van der Waals surface area (Å²) >= 11 is 0. The van der Waals surface area contributed by atoms with Crippen LogP contribution < -0.4 is 50.9 Å². The van der Waals surface area contributed by atoms with Crippen LogP contribution in [-0.2, 0) is 28.6 Å². The average molecular weight is 1030 g/mol. The Morgan fingerprint density at radius 3 is 0.828 bits per heavy atom. The van der Waals surface area contributed by atoms with E-state index >= 15 is 0 Å². The first-order valence-corrected chi connectivity index (χ1v) is 22.8. The van der Waals surface area contributed by atoms with Crippen LogP contribution >= 0.6 is 0 Å². The molecule has 0 rings (SSSR count). The maximum absolute atomic E-state index is 12.6. The zero-order valence-electron chi connectivity index (χ0n) is 39.2. The number of hydrogen-bond acceptors (Lipinski definition) is 7. The molecule has 0 amide bonds. The van der Waals surface area contributed by atoms with Gasteiger partial charge < -0.3 is 83.5 Å². The van der Waals surface area contributed by atoms with Crippen molar-refractivity contribution in [1.29, 1.82) is 0 Å². The zero-order chi connectivity index (χ0) is 41.3. The number of rotatable bonds is 39. The van der Waals surface area contributed by atoms with E-state index < -0.39 is 0 Å². The third kappa shape index (κ3) is 42.4. The highest BCUT2D eigenvalue weighted by molar-refractivity contribution is 5.71. The Hall–Kier alpha value is -0.310. The SMILES string of the molecule is CCCCCCCCOC(=O)C[N+](C)(C)CCCN(CCC[N+](C)(C)CC(=O)OCCCCCCCC)CCC[N+](C)(C)CC(=O)OCCCCCCCC.[Br-].[Br-].[Br-]. The highest BCUT2D eigenvalue weighted by Gasteiger charge is 2.25. The van der Waals surface area contributed by atoms with Crippen molar-refractivity contribution >= 4 is 17.9 Å². The van der Waals surface area contributed by atoms with Crippen LogP contribution in [0.1, 0.15) is 156 Å². The van der Waals surface area contributed by atoms with E-state index in [2.05, 4.69) is 68.0 Å². The first kappa shape index (κ1) is 64.3. The summed E-state index contributed by atoms with van der Waals surface area (Å²) in [5.74, 6) is -0.316. The predicted molar refractivity (Wildman–Crippen MR) is 229 cm³/mol. The fraction of sp³-hybridized carbons (Fsp3) is 0.933. The average Bonchev–Trinajstić information content (AvgIpc) is 3.09. The van der Waals surface area contributed by atoms with E-state index in [1.165, 1.54) is 77.0 Å². The van der Waals surface area contributed by atoms with E-state index in [-0.39, 0.29) is 68.9 Å². The quantitative estimate of drug-likeness (QED) is 0.0353. The number of likely N-dealkylation sites (N-methyl/N-ethyl adjacent to an activating group) is 3. The molecule has 58 heavy (non-hydrogen) atoms. The van der Waals surface area contributed by atoms with E-state index in [1.54, 1.807) is 0 Å². The minimum absolute atomic E-state index is 0. The summed E-state index contributed by atoms with van der Waals surface area (Å²) < 4.78 is 18.6. The van der Waals surface area contributed by atoms with Gasteiger partial charge in [-0.15, -0.1) is 0 Å². The Morgan fingerprint density at radius 2 is 0.586 bits per heavy atom. The molecule has 10 nitrogen and oxygen atoms in total. The summed E-state index contributed by atoms with van der Waals surface area (Å²) in [6.07, 6.45) is 24.2. The van der Waals surface area contributed by atoms with Gasteiger partial charge >= 0.3 is 17.9 Å². The minimum Gasteiger partial charge on any atom is -1.00 e. The number of unbranched alkanes of at least 4 members (excludes halogenated alkanes) is 15. The molecule has 0 bridgehead atoms. The molecule has 0 unspecified atom stereocenters. The van der Waals surface area contributed by atoms with Gasteiger partial charge in [-0.05, 0) is 19.3 Å². The van der Waals surface area contributed by atoms with Gasteiger partial charge in [-0.25, -0.2) is 14.4 Å². The molecule has 0 heterocycles. The number of carbonyl (C=O) groups excluding carboxylic acids is 3. The van der Waals surface area contributed by atoms with Crippen LogP contribution in [0.5, 0.6) is 0 Å². The standard InChI is InChI=1S/C45H93N4O6.3BrH/c1-10-13-16-19-22-25-37-53-43(50)40-47(4,5)34-28-31-46(32-29-35-48(6,7)41-44(51)54-38-26-23-20-17-14-11-2)33-30-36-49(8,9)42-45(52)55-39-27-24-21-18-15-12-3;;;/h10-42H2,1-9H3;3*1H/q+3;;;/p-3. The van der Waals surface area contributed by atoms with Gasteiger partial charge in [0.15, 0.2) is 19.6 Å². The van der Waals surface area contributed by atoms with Crippen molar-refractivity contribution in [3.8, 4) is 0 Å². The normalized spacial score (nSPS) is 11.7. The van der Waals surface area contributed by atoms with Gasteiger partial charge in [-0.1, -0.05) is 117 Å². The lowest BCUT2D eigenvalue weighted by molar-refractivity contribution is -0.883. The molecule has 0 radical (unpaired) electrons. The molecule has 13 heteroatoms. The first-order valence-electron chi connectivity index (χ1n) is 22.8. The van der Waals surface area contributed by atoms with Gasteiger partial charge in [-0.2, -0.15) is 0 Å². The highest BCUT2D eigenvalue weighted by Crippen LogP contribution is 2.11. The Bertz CT molecular complexity index is 856. The summed E-state index contributed by atoms with van der Waals surface area (Å²) in [6.45, 7) is 14.9. The summed E-state index contributed by atoms with van der Waals surface area (Å²) in [7, 11) is 12.7. The van der Waals surface area contributed by atoms with Crippen molar-refractivity contribution in [1.82, 2.24) is 4.90 Å². The number of quaternary nitrogens is 3. The van der Waals surface area contributed by atoms with Gasteiger partial charge in [0.2, 0.25) is 0 Å². The Morgan fingerprint density at radius 1 is 0.362 bits per heavy atom. The number of carbonyl (C=O) groups is 3. The van der Waals surface area contributed by atoms with Crippen molar-refractivity contribution in [3.05, 3.63) is 0 Å². The van der Waals surface area contributed by atoms with Crippen molar-refractivity contribution < 1.29 is 93.0 Å². The molecule has 0 saturated heterocycles. The van der Waals surface area contributed by atoms with E-state index in [0.29, 0.717) is 52.9 Å². The molecule has 0 N–H and O–H groups in total. The molecular formula is C45H93Br3N4O6. The lowest BCUT2D eigenvalue weighted by atomic mass is 10.1. The van der Waals surface area contributed by atoms with Crippen molar-refractivity contribution in [2.24, 2.45) is 0 Å². The second-order valence-electron chi connectivity index (χ2n) is 18.3. The van der Waals surface area contributed by atoms with Crippen LogP contribution in [0.15, 0.2) is 0 Å². The summed E-state index contributed by atoms with van der Waals surface area (Å²) in [5, 5.41) is 0. The number of halogens is 3. The van der Waals surface area contributed by atoms with Gasteiger partial charge in [-0.3, -0.25) is 0 Å². The molecule has 0 aromatic heterocycles. The Kier molecular flexibility index (Phi) is 45.2. The summed E-state index contributed by atoms with van der Waals surface area (Å²) in [5.41, 5.74) is 0. The third-order valence-corrected chi connectivity index (χ3v) is 10.7. The highest BCUT2D eigenvalue weighted by atomic mass is 79.9. The van der Waals surface area contributed by atoms with Gasteiger partial charge in [0.25, 0.3) is 0 Å². The maximum atomic E-state index is 12.6. The van der Waals surface area contributed by atoms with Crippen molar-refractivity contribution in [2.45, 2.75) is 156 Å². The molecule has 0 aliphatic heterocycles. The first-order chi connectivity index (χ1) is 26.1. The smallest absolute Gasteiger partial charge is 0.361 e. The van der Waals surface area contributed by atoms with Gasteiger partial charge in [0.1, 0.15) is 0 Å². The van der Waals surface area contributed by atoms with E-state index in [9.17, 15) is 14.4 Å². The number of nitrogens with zero attached hydrogens (tertiary/aromatic N) is 4. The van der Waals surface area contributed by atoms with Crippen LogP contribution in [0.4, 0.5) is 0 Å². The van der Waals surface area contributed by atoms with E-state index in [0.717, 1.165) is 97.1 Å². The number of esters is 3. The molecular weight excluding hydrogens is 932 g/mol. The second kappa shape index (κ2) is 40.7. The predicted octanol–water partition coefficient (Wildman–Crippen LogP) is -0.589. The third-order valence-electron chi connectivity index (χ3n) is 10.7. The molecule has 0 spiro atoms. The Balaban J connectivity index is -0.00000486. The number of ether oxygens (including phenoxy) is 3. The molecule has 350 valence electrons. The fourth-order valence-corrected chi connectivity index (χ4v) is 7.13. The minimum atomic E-state index is -0.105. The van der Waals surface area contributed by atoms with Crippen LogP contribution in [0.2, 0.25) is 0 Å². The lowest BCUT2D eigenvalue weighted by Gasteiger charge is -2.32. The van der Waals surface area contributed by atoms with Crippen molar-refractivity contribution in [2.75, 3.05) is 121 Å². The topological polar surface area (TPSA) is 82.1 Å². The molecule has 0 aliphatic carbocycles. The molecule has 0 aliphatic rings. The zero-order valence-corrected chi connectivity index (χ0v) is 44.0. The monoisotopic (exact) mass is 1020 g/mol. The molecule has 0 saturated carbocycles. The van der Waals surface area contributed by atoms with Crippen LogP contribution in [0.3, 0.4) is 0 Å². The summed E-state index contributed by atoms with van der Waals surface area (Å²) in [6, 6.07) is 0. The molecule has 0 aromatic carbocycles. The van der Waals surface area contributed by atoms with Crippen molar-refractivity contribution in [3.63, 3.8) is 0 Å². The maximum Gasteiger partial charge on any atom is 0.361 e. The van der Waals surface area contributed by atoms with Gasteiger partial charge in [0, 0.05) is 38.9 Å². The fourth-order valence-electron chi connectivity index (χ4n) is 7.13. The van der Waals surface area contributed by atoms with Crippen LogP contribution in [0, 0.1) is 0 Å². The molecule has 0 atom stereocenters.